The fourth-order valence-corrected chi connectivity index (χ4v) is 7.70. The van der Waals surface area contributed by atoms with E-state index in [2.05, 4.69) is 22.2 Å². The largest absolute Gasteiger partial charge is 0.366 e. The molecule has 0 unspecified atom stereocenters. The van der Waals surface area contributed by atoms with Crippen LogP contribution in [0.2, 0.25) is 0 Å². The Morgan fingerprint density at radius 3 is 2.62 bits per heavy atom. The molecule has 10 heteroatoms. The molecule has 5 rings (SSSR count). The first-order valence-electron chi connectivity index (χ1n) is 15.6. The highest BCUT2D eigenvalue weighted by Crippen LogP contribution is 2.40. The molecule has 9 nitrogen and oxygen atoms in total. The molecular formula is C35H43N5O4S. The van der Waals surface area contributed by atoms with Gasteiger partial charge < -0.3 is 4.74 Å². The Morgan fingerprint density at radius 1 is 1.11 bits per heavy atom. The van der Waals surface area contributed by atoms with Gasteiger partial charge in [0.25, 0.3) is 0 Å². The summed E-state index contributed by atoms with van der Waals surface area (Å²) in [5.41, 5.74) is 4.12. The number of nitrogens with zero attached hydrogens (tertiary/aromatic N) is 5. The predicted octanol–water partition coefficient (Wildman–Crippen LogP) is 5.87. The third-order valence-corrected chi connectivity index (χ3v) is 10.8. The van der Waals surface area contributed by atoms with E-state index in [-0.39, 0.29) is 31.3 Å². The lowest BCUT2D eigenvalue weighted by Gasteiger charge is -2.34. The number of hydrogen-bond donors (Lipinski definition) is 0. The average Bonchev–Trinajstić information content (AvgIpc) is 3.46. The van der Waals surface area contributed by atoms with Crippen molar-refractivity contribution in [1.29, 1.82) is 0 Å². The van der Waals surface area contributed by atoms with Crippen LogP contribution in [0.25, 0.3) is 0 Å². The van der Waals surface area contributed by atoms with E-state index in [4.69, 9.17) is 4.74 Å². The van der Waals surface area contributed by atoms with Gasteiger partial charge in [0.2, 0.25) is 10.0 Å². The lowest BCUT2D eigenvalue weighted by atomic mass is 9.76. The minimum Gasteiger partial charge on any atom is -0.366 e. The van der Waals surface area contributed by atoms with Crippen LogP contribution >= 0.6 is 0 Å². The van der Waals surface area contributed by atoms with Crippen molar-refractivity contribution >= 4 is 15.8 Å². The number of hydrogen-bond acceptors (Lipinski definition) is 7. The van der Waals surface area contributed by atoms with Gasteiger partial charge in [-0.15, -0.1) is 5.10 Å². The van der Waals surface area contributed by atoms with Gasteiger partial charge in [0.1, 0.15) is 11.5 Å². The molecule has 0 radical (unpaired) electrons. The summed E-state index contributed by atoms with van der Waals surface area (Å²) in [5, 5.41) is 8.37. The molecule has 1 aliphatic rings. The minimum absolute atomic E-state index is 0.0114. The molecule has 0 bridgehead atoms. The van der Waals surface area contributed by atoms with Gasteiger partial charge in [-0.1, -0.05) is 74.9 Å². The lowest BCUT2D eigenvalue weighted by Crippen LogP contribution is -2.35. The van der Waals surface area contributed by atoms with Crippen LogP contribution in [0, 0.1) is 18.3 Å². The maximum atomic E-state index is 14.0. The highest BCUT2D eigenvalue weighted by atomic mass is 32.2. The summed E-state index contributed by atoms with van der Waals surface area (Å²) in [5.74, 6) is 0.223. The van der Waals surface area contributed by atoms with E-state index in [0.717, 1.165) is 40.7 Å². The zero-order chi connectivity index (χ0) is 32.2. The Hall–Kier alpha value is -3.73. The normalized spacial score (nSPS) is 17.4. The van der Waals surface area contributed by atoms with Crippen molar-refractivity contribution in [3.63, 3.8) is 0 Å². The van der Waals surface area contributed by atoms with Gasteiger partial charge in [-0.3, -0.25) is 14.5 Å². The van der Waals surface area contributed by atoms with Crippen molar-refractivity contribution in [2.75, 3.05) is 6.54 Å². The zero-order valence-corrected chi connectivity index (χ0v) is 27.6. The van der Waals surface area contributed by atoms with E-state index in [1.54, 1.807) is 33.5 Å². The van der Waals surface area contributed by atoms with Crippen molar-refractivity contribution in [2.45, 2.75) is 84.6 Å². The summed E-state index contributed by atoms with van der Waals surface area (Å²) in [7, 11) is -3.71. The molecule has 2 atom stereocenters. The van der Waals surface area contributed by atoms with Gasteiger partial charge in [-0.25, -0.2) is 8.42 Å². The third-order valence-electron chi connectivity index (χ3n) is 8.93. The van der Waals surface area contributed by atoms with E-state index in [1.165, 1.54) is 0 Å². The van der Waals surface area contributed by atoms with Gasteiger partial charge in [0, 0.05) is 38.4 Å². The Kier molecular flexibility index (Phi) is 9.96. The first kappa shape index (κ1) is 32.7. The van der Waals surface area contributed by atoms with Gasteiger partial charge in [-0.05, 0) is 66.1 Å². The summed E-state index contributed by atoms with van der Waals surface area (Å²) in [6.07, 6.45) is 6.44. The molecule has 1 aliphatic heterocycles. The highest BCUT2D eigenvalue weighted by Gasteiger charge is 2.39. The van der Waals surface area contributed by atoms with Gasteiger partial charge in [0.05, 0.1) is 29.2 Å². The van der Waals surface area contributed by atoms with E-state index >= 15 is 0 Å². The van der Waals surface area contributed by atoms with Crippen LogP contribution < -0.4 is 0 Å². The Morgan fingerprint density at radius 2 is 1.91 bits per heavy atom. The number of benzene rings is 2. The number of carbonyl (C=O) groups excluding carboxylic acids is 1. The molecule has 3 heterocycles. The van der Waals surface area contributed by atoms with Crippen molar-refractivity contribution in [2.24, 2.45) is 11.3 Å². The monoisotopic (exact) mass is 629 g/mol. The lowest BCUT2D eigenvalue weighted by molar-refractivity contribution is -0.137. The molecule has 45 heavy (non-hydrogen) atoms. The number of carbonyl (C=O) groups is 1. The standard InChI is InChI=1S/C35H43N5O4S/c1-6-26-17-28-12-8-9-13-32(28)45(42,43)40(21-26)22-30-19-29(15-14-25(30)3)34(44-24-31-23-39(7-2)38-37-31)35(4,5)33(41)18-27-11-10-16-36-20-27/h8-16,19-20,23,26,34H,6-7,17-18,21-22,24H2,1-5H3/t26-,34-/m0/s1. The first-order chi connectivity index (χ1) is 21.5. The molecule has 2 aromatic heterocycles. The van der Waals surface area contributed by atoms with E-state index in [0.29, 0.717) is 23.7 Å². The SMILES string of the molecule is CC[C@H]1Cc2ccccc2S(=O)(=O)N(Cc2cc([C@H](OCc3cn(CC)nn3)C(C)(C)C(=O)Cc3cccnc3)ccc2C)C1. The molecule has 0 N–H and O–H groups in total. The molecule has 0 amide bonds. The topological polar surface area (TPSA) is 107 Å². The van der Waals surface area contributed by atoms with Crippen LogP contribution in [0.1, 0.15) is 73.7 Å². The fourth-order valence-electron chi connectivity index (χ4n) is 5.97. The number of Topliss-reactive ketones (excluding diaryl/α,β-unsaturated/α-hetero) is 1. The smallest absolute Gasteiger partial charge is 0.243 e. The first-order valence-corrected chi connectivity index (χ1v) is 17.1. The molecule has 0 fully saturated rings. The predicted molar refractivity (Wildman–Crippen MR) is 173 cm³/mol. The summed E-state index contributed by atoms with van der Waals surface area (Å²) in [6.45, 7) is 11.4. The fraction of sp³-hybridized carbons (Fsp3) is 0.429. The number of ether oxygens (including phenoxy) is 1. The second-order valence-electron chi connectivity index (χ2n) is 12.5. The molecule has 0 spiro atoms. The van der Waals surface area contributed by atoms with Crippen LogP contribution in [0.3, 0.4) is 0 Å². The maximum absolute atomic E-state index is 14.0. The number of aryl methyl sites for hydroxylation is 2. The Labute approximate surface area is 266 Å². The third kappa shape index (κ3) is 7.24. The van der Waals surface area contributed by atoms with Crippen LogP contribution in [0.4, 0.5) is 0 Å². The molecule has 0 saturated carbocycles. The number of sulfonamides is 1. The van der Waals surface area contributed by atoms with Crippen LogP contribution in [-0.2, 0) is 52.1 Å². The van der Waals surface area contributed by atoms with E-state index in [9.17, 15) is 13.2 Å². The second-order valence-corrected chi connectivity index (χ2v) is 14.4. The highest BCUT2D eigenvalue weighted by molar-refractivity contribution is 7.89. The molecule has 2 aromatic carbocycles. The van der Waals surface area contributed by atoms with Crippen molar-refractivity contribution in [3.8, 4) is 0 Å². The van der Waals surface area contributed by atoms with Gasteiger partial charge in [-0.2, -0.15) is 4.31 Å². The summed E-state index contributed by atoms with van der Waals surface area (Å²) in [6, 6.07) is 17.0. The molecule has 0 aliphatic carbocycles. The molecule has 4 aromatic rings. The summed E-state index contributed by atoms with van der Waals surface area (Å²) in [4.78, 5) is 18.4. The number of ketones is 1. The van der Waals surface area contributed by atoms with Crippen molar-refractivity contribution in [3.05, 3.63) is 107 Å². The van der Waals surface area contributed by atoms with E-state index < -0.39 is 21.5 Å². The molecule has 238 valence electrons. The summed E-state index contributed by atoms with van der Waals surface area (Å²) < 4.78 is 37.8. The van der Waals surface area contributed by atoms with E-state index in [1.807, 2.05) is 76.4 Å². The minimum atomic E-state index is -3.71. The van der Waals surface area contributed by atoms with Gasteiger partial charge >= 0.3 is 0 Å². The van der Waals surface area contributed by atoms with Crippen molar-refractivity contribution < 1.29 is 17.9 Å². The van der Waals surface area contributed by atoms with Crippen molar-refractivity contribution in [1.82, 2.24) is 24.3 Å². The Bertz CT molecular complexity index is 1740. The van der Waals surface area contributed by atoms with Crippen LogP contribution in [0.5, 0.6) is 0 Å². The number of aromatic nitrogens is 4. The number of pyridine rings is 1. The number of rotatable bonds is 12. The quantitative estimate of drug-likeness (QED) is 0.193. The maximum Gasteiger partial charge on any atom is 0.243 e. The second kappa shape index (κ2) is 13.7. The molecule has 0 saturated heterocycles. The number of fused-ring (bicyclic) bond motifs is 1. The Balaban J connectivity index is 1.49. The van der Waals surface area contributed by atoms with Crippen LogP contribution in [0.15, 0.2) is 78.1 Å². The average molecular weight is 630 g/mol. The molecular weight excluding hydrogens is 586 g/mol. The van der Waals surface area contributed by atoms with Crippen LogP contribution in [-0.4, -0.2) is 45.0 Å². The zero-order valence-electron chi connectivity index (χ0n) is 26.8. The summed E-state index contributed by atoms with van der Waals surface area (Å²) >= 11 is 0. The van der Waals surface area contributed by atoms with Gasteiger partial charge in [0.15, 0.2) is 0 Å².